The molecule has 0 amide bonds. The van der Waals surface area contributed by atoms with Gasteiger partial charge in [-0.2, -0.15) is 0 Å². The average Bonchev–Trinajstić information content (AvgIpc) is 2.14. The Morgan fingerprint density at radius 3 is 2.29 bits per heavy atom. The summed E-state index contributed by atoms with van der Waals surface area (Å²) in [5.74, 6) is -1.73. The molecule has 1 aromatic rings. The third-order valence-corrected chi connectivity index (χ3v) is 2.47. The molecule has 0 radical (unpaired) electrons. The van der Waals surface area contributed by atoms with Crippen LogP contribution in [0, 0.1) is 0 Å². The lowest BCUT2D eigenvalue weighted by molar-refractivity contribution is 0.239. The minimum absolute atomic E-state index is 0.778. The minimum atomic E-state index is -4.42. The van der Waals surface area contributed by atoms with Crippen LogP contribution in [0.4, 0.5) is 0 Å². The second kappa shape index (κ2) is 4.53. The minimum Gasteiger partial charge on any atom is -0.377 e. The van der Waals surface area contributed by atoms with Crippen molar-refractivity contribution < 1.29 is 19.5 Å². The largest absolute Gasteiger partial charge is 0.377 e. The smallest absolute Gasteiger partial charge is 0.357 e. The molecule has 4 nitrogen and oxygen atoms in total. The number of benzene rings is 1. The van der Waals surface area contributed by atoms with Crippen LogP contribution in [0.2, 0.25) is 0 Å². The molecule has 1 atom stereocenters. The van der Waals surface area contributed by atoms with Gasteiger partial charge in [0.1, 0.15) is 0 Å². The lowest BCUT2D eigenvalue weighted by Gasteiger charge is -2.06. The summed E-state index contributed by atoms with van der Waals surface area (Å²) in [6.45, 7) is 0. The summed E-state index contributed by atoms with van der Waals surface area (Å²) in [5, 5.41) is 9.00. The summed E-state index contributed by atoms with van der Waals surface area (Å²) in [5.41, 5.74) is 0.778. The Hall–Kier alpha value is -0.930. The zero-order chi connectivity index (χ0) is 10.6. The second-order valence-electron chi connectivity index (χ2n) is 2.77. The van der Waals surface area contributed by atoms with E-state index >= 15 is 0 Å². The summed E-state index contributed by atoms with van der Waals surface area (Å²) >= 11 is 0. The highest BCUT2D eigenvalue weighted by atomic mass is 31.2. The van der Waals surface area contributed by atoms with Crippen LogP contribution in [0.1, 0.15) is 5.56 Å². The van der Waals surface area contributed by atoms with Crippen LogP contribution < -0.4 is 0 Å². The fourth-order valence-electron chi connectivity index (χ4n) is 0.873. The molecule has 14 heavy (non-hydrogen) atoms. The van der Waals surface area contributed by atoms with Crippen molar-refractivity contribution in [1.29, 1.82) is 0 Å². The summed E-state index contributed by atoms with van der Waals surface area (Å²) in [6, 6.07) is 8.95. The van der Waals surface area contributed by atoms with Gasteiger partial charge in [0.25, 0.3) is 0 Å². The van der Waals surface area contributed by atoms with E-state index in [4.69, 9.17) is 14.9 Å². The van der Waals surface area contributed by atoms with Crippen molar-refractivity contribution >= 4 is 13.7 Å². The van der Waals surface area contributed by atoms with Gasteiger partial charge in [0.05, 0.1) is 0 Å². The van der Waals surface area contributed by atoms with Crippen molar-refractivity contribution in [2.75, 3.05) is 0 Å². The first-order chi connectivity index (χ1) is 6.50. The molecule has 0 saturated heterocycles. The van der Waals surface area contributed by atoms with Crippen LogP contribution in [0.25, 0.3) is 6.08 Å². The zero-order valence-corrected chi connectivity index (χ0v) is 8.21. The Balaban J connectivity index is 2.70. The quantitative estimate of drug-likeness (QED) is 0.660. The molecule has 3 N–H and O–H groups in total. The molecule has 0 unspecified atom stereocenters. The van der Waals surface area contributed by atoms with Crippen LogP contribution in [-0.2, 0) is 4.57 Å². The van der Waals surface area contributed by atoms with Crippen LogP contribution in [-0.4, -0.2) is 20.7 Å². The van der Waals surface area contributed by atoms with Crippen molar-refractivity contribution in [1.82, 2.24) is 0 Å². The van der Waals surface area contributed by atoms with E-state index in [2.05, 4.69) is 0 Å². The molecule has 0 bridgehead atoms. The molecule has 5 heteroatoms. The third kappa shape index (κ3) is 3.44. The fraction of sp³-hybridized carbons (Fsp3) is 0.111. The van der Waals surface area contributed by atoms with Crippen LogP contribution >= 0.6 is 7.60 Å². The molecule has 1 aromatic carbocycles. The lowest BCUT2D eigenvalue weighted by Crippen LogP contribution is -2.01. The first kappa shape index (κ1) is 11.1. The Morgan fingerprint density at radius 2 is 1.79 bits per heavy atom. The first-order valence-electron chi connectivity index (χ1n) is 3.96. The molecule has 0 aliphatic carbocycles. The molecule has 0 spiro atoms. The molecule has 0 aliphatic heterocycles. The van der Waals surface area contributed by atoms with Gasteiger partial charge in [0.2, 0.25) is 0 Å². The van der Waals surface area contributed by atoms with Crippen molar-refractivity contribution in [2.45, 2.75) is 5.85 Å². The summed E-state index contributed by atoms with van der Waals surface area (Å²) in [6.07, 6.45) is 2.54. The van der Waals surface area contributed by atoms with E-state index in [-0.39, 0.29) is 0 Å². The number of hydrogen-bond acceptors (Lipinski definition) is 2. The van der Waals surface area contributed by atoms with Gasteiger partial charge >= 0.3 is 7.60 Å². The van der Waals surface area contributed by atoms with E-state index < -0.39 is 13.4 Å². The normalized spacial score (nSPS) is 14.5. The van der Waals surface area contributed by atoms with Gasteiger partial charge in [-0.15, -0.1) is 0 Å². The van der Waals surface area contributed by atoms with E-state index in [1.807, 2.05) is 6.07 Å². The maximum Gasteiger partial charge on any atom is 0.357 e. The summed E-state index contributed by atoms with van der Waals surface area (Å²) in [7, 11) is -4.42. The van der Waals surface area contributed by atoms with Crippen LogP contribution in [0.3, 0.4) is 0 Å². The molecular weight excluding hydrogens is 203 g/mol. The summed E-state index contributed by atoms with van der Waals surface area (Å²) in [4.78, 5) is 17.1. The number of aliphatic hydroxyl groups excluding tert-OH is 1. The predicted molar refractivity (Wildman–Crippen MR) is 53.5 cm³/mol. The van der Waals surface area contributed by atoms with Gasteiger partial charge in [0.15, 0.2) is 5.85 Å². The van der Waals surface area contributed by atoms with Gasteiger partial charge in [-0.3, -0.25) is 4.57 Å². The molecule has 1 rings (SSSR count). The van der Waals surface area contributed by atoms with Crippen LogP contribution in [0.5, 0.6) is 0 Å². The molecule has 0 saturated carbocycles. The van der Waals surface area contributed by atoms with Gasteiger partial charge in [-0.1, -0.05) is 36.4 Å². The highest BCUT2D eigenvalue weighted by Crippen LogP contribution is 2.40. The molecule has 0 aliphatic rings. The molecule has 0 aromatic heterocycles. The molecule has 76 valence electrons. The Morgan fingerprint density at radius 1 is 1.21 bits per heavy atom. The Kier molecular flexibility index (Phi) is 3.61. The summed E-state index contributed by atoms with van der Waals surface area (Å²) < 4.78 is 10.5. The molecule has 0 heterocycles. The van der Waals surface area contributed by atoms with Crippen molar-refractivity contribution in [3.63, 3.8) is 0 Å². The Labute approximate surface area is 81.7 Å². The van der Waals surface area contributed by atoms with Crippen molar-refractivity contribution in [3.05, 3.63) is 42.0 Å². The SMILES string of the molecule is O=P(O)(O)[C@H](O)/C=C/c1ccccc1. The van der Waals surface area contributed by atoms with Crippen LogP contribution in [0.15, 0.2) is 36.4 Å². The first-order valence-corrected chi connectivity index (χ1v) is 5.65. The van der Waals surface area contributed by atoms with E-state index in [1.165, 1.54) is 6.08 Å². The monoisotopic (exact) mass is 214 g/mol. The molecule has 0 fully saturated rings. The maximum absolute atomic E-state index is 10.5. The highest BCUT2D eigenvalue weighted by molar-refractivity contribution is 7.52. The van der Waals surface area contributed by atoms with Crippen molar-refractivity contribution in [2.24, 2.45) is 0 Å². The zero-order valence-electron chi connectivity index (χ0n) is 7.32. The maximum atomic E-state index is 10.5. The highest BCUT2D eigenvalue weighted by Gasteiger charge is 2.22. The van der Waals surface area contributed by atoms with E-state index in [1.54, 1.807) is 24.3 Å². The van der Waals surface area contributed by atoms with Crippen molar-refractivity contribution in [3.8, 4) is 0 Å². The van der Waals surface area contributed by atoms with Gasteiger partial charge in [-0.05, 0) is 11.6 Å². The number of hydrogen-bond donors (Lipinski definition) is 3. The van der Waals surface area contributed by atoms with E-state index in [0.29, 0.717) is 0 Å². The Bertz CT molecular complexity index is 354. The number of aliphatic hydroxyl groups is 1. The van der Waals surface area contributed by atoms with E-state index in [9.17, 15) is 4.57 Å². The van der Waals surface area contributed by atoms with Gasteiger partial charge < -0.3 is 14.9 Å². The standard InChI is InChI=1S/C9H11O4P/c10-9(14(11,12)13)7-6-8-4-2-1-3-5-8/h1-7,9-10H,(H2,11,12,13)/b7-6+/t9-/m0/s1. The van der Waals surface area contributed by atoms with Gasteiger partial charge in [0, 0.05) is 0 Å². The lowest BCUT2D eigenvalue weighted by atomic mass is 10.2. The number of rotatable bonds is 3. The second-order valence-corrected chi connectivity index (χ2v) is 4.48. The fourth-order valence-corrected chi connectivity index (χ4v) is 1.18. The topological polar surface area (TPSA) is 77.8 Å². The third-order valence-electron chi connectivity index (χ3n) is 1.60. The van der Waals surface area contributed by atoms with Gasteiger partial charge in [-0.25, -0.2) is 0 Å². The van der Waals surface area contributed by atoms with E-state index in [0.717, 1.165) is 11.6 Å². The predicted octanol–water partition coefficient (Wildman–Crippen LogP) is 1.20. The average molecular weight is 214 g/mol. The molecular formula is C9H11O4P.